The number of aromatic hydroxyl groups is 1. The van der Waals surface area contributed by atoms with Gasteiger partial charge in [-0.3, -0.25) is 0 Å². The number of ether oxygens (including phenoxy) is 2. The standard InChI is InChI=1S/C10H14FNO3.ClH/c1-14-6-3-8(13)10(7(12)5-11)9(4-6)15-2;/h3-4,7,13H,5,12H2,1-2H3;1H/t7-;/m1./s1. The van der Waals surface area contributed by atoms with Gasteiger partial charge in [-0.15, -0.1) is 12.4 Å². The van der Waals surface area contributed by atoms with Crippen LogP contribution in [0.1, 0.15) is 11.6 Å². The maximum atomic E-state index is 12.4. The van der Waals surface area contributed by atoms with Gasteiger partial charge in [0.15, 0.2) is 0 Å². The third-order valence-electron chi connectivity index (χ3n) is 2.09. The van der Waals surface area contributed by atoms with Gasteiger partial charge in [0.1, 0.15) is 23.9 Å². The Morgan fingerprint density at radius 2 is 2.00 bits per heavy atom. The first-order valence-electron chi connectivity index (χ1n) is 4.40. The Morgan fingerprint density at radius 3 is 2.44 bits per heavy atom. The molecule has 0 saturated heterocycles. The number of nitrogens with two attached hydrogens (primary N) is 1. The third kappa shape index (κ3) is 2.90. The normalized spacial score (nSPS) is 11.5. The molecule has 0 unspecified atom stereocenters. The van der Waals surface area contributed by atoms with Gasteiger partial charge in [0.2, 0.25) is 0 Å². The summed E-state index contributed by atoms with van der Waals surface area (Å²) >= 11 is 0. The molecule has 1 atom stereocenters. The van der Waals surface area contributed by atoms with Gasteiger partial charge in [-0.25, -0.2) is 4.39 Å². The predicted octanol–water partition coefficient (Wildman–Crippen LogP) is 1.80. The van der Waals surface area contributed by atoms with Crippen molar-refractivity contribution < 1.29 is 19.0 Å². The first kappa shape index (κ1) is 14.8. The van der Waals surface area contributed by atoms with Crippen LogP contribution in [0.15, 0.2) is 12.1 Å². The average molecular weight is 252 g/mol. The molecule has 4 nitrogen and oxygen atoms in total. The number of hydrogen-bond acceptors (Lipinski definition) is 4. The minimum absolute atomic E-state index is 0. The lowest BCUT2D eigenvalue weighted by atomic mass is 10.1. The van der Waals surface area contributed by atoms with Crippen LogP contribution in [0.4, 0.5) is 4.39 Å². The molecule has 0 aromatic heterocycles. The van der Waals surface area contributed by atoms with Gasteiger partial charge in [-0.1, -0.05) is 0 Å². The van der Waals surface area contributed by atoms with Crippen LogP contribution in [0, 0.1) is 0 Å². The number of phenols is 1. The van der Waals surface area contributed by atoms with Crippen molar-refractivity contribution >= 4 is 12.4 Å². The van der Waals surface area contributed by atoms with E-state index in [1.54, 1.807) is 6.07 Å². The lowest BCUT2D eigenvalue weighted by molar-refractivity contribution is 0.362. The molecule has 1 aromatic carbocycles. The zero-order valence-corrected chi connectivity index (χ0v) is 9.88. The number of phenolic OH excluding ortho intramolecular Hbond substituents is 1. The summed E-state index contributed by atoms with van der Waals surface area (Å²) in [7, 11) is 2.88. The van der Waals surface area contributed by atoms with E-state index in [9.17, 15) is 9.50 Å². The summed E-state index contributed by atoms with van der Waals surface area (Å²) < 4.78 is 22.4. The minimum atomic E-state index is -0.897. The summed E-state index contributed by atoms with van der Waals surface area (Å²) in [6.07, 6.45) is 0. The van der Waals surface area contributed by atoms with E-state index in [0.29, 0.717) is 11.5 Å². The van der Waals surface area contributed by atoms with Crippen molar-refractivity contribution in [3.8, 4) is 17.2 Å². The zero-order valence-electron chi connectivity index (χ0n) is 9.07. The molecule has 1 rings (SSSR count). The second kappa shape index (κ2) is 6.40. The van der Waals surface area contributed by atoms with Gasteiger partial charge in [0, 0.05) is 12.1 Å². The minimum Gasteiger partial charge on any atom is -0.507 e. The van der Waals surface area contributed by atoms with Gasteiger partial charge in [-0.05, 0) is 0 Å². The first-order chi connectivity index (χ1) is 7.13. The molecule has 0 radical (unpaired) electrons. The molecule has 6 heteroatoms. The van der Waals surface area contributed by atoms with E-state index >= 15 is 0 Å². The number of halogens is 2. The Labute approximate surface area is 99.6 Å². The average Bonchev–Trinajstić information content (AvgIpc) is 2.26. The largest absolute Gasteiger partial charge is 0.507 e. The highest BCUT2D eigenvalue weighted by Crippen LogP contribution is 2.36. The van der Waals surface area contributed by atoms with Crippen molar-refractivity contribution in [2.45, 2.75) is 6.04 Å². The maximum absolute atomic E-state index is 12.4. The molecule has 16 heavy (non-hydrogen) atoms. The van der Waals surface area contributed by atoms with Crippen LogP contribution in [0.3, 0.4) is 0 Å². The van der Waals surface area contributed by atoms with E-state index in [0.717, 1.165) is 0 Å². The summed E-state index contributed by atoms with van der Waals surface area (Å²) in [6.45, 7) is -0.768. The molecule has 3 N–H and O–H groups in total. The van der Waals surface area contributed by atoms with Crippen LogP contribution in [0.5, 0.6) is 17.2 Å². The maximum Gasteiger partial charge on any atom is 0.131 e. The van der Waals surface area contributed by atoms with Crippen LogP contribution in [0.25, 0.3) is 0 Å². The second-order valence-electron chi connectivity index (χ2n) is 3.02. The second-order valence-corrected chi connectivity index (χ2v) is 3.02. The molecule has 0 bridgehead atoms. The quantitative estimate of drug-likeness (QED) is 0.857. The van der Waals surface area contributed by atoms with E-state index in [-0.39, 0.29) is 23.7 Å². The molecule has 1 aromatic rings. The Bertz CT molecular complexity index is 349. The van der Waals surface area contributed by atoms with Crippen LogP contribution >= 0.6 is 12.4 Å². The number of rotatable bonds is 4. The van der Waals surface area contributed by atoms with Crippen molar-refractivity contribution in [3.63, 3.8) is 0 Å². The van der Waals surface area contributed by atoms with Crippen LogP contribution in [-0.4, -0.2) is 26.0 Å². The van der Waals surface area contributed by atoms with Gasteiger partial charge in [0.05, 0.1) is 25.8 Å². The summed E-state index contributed by atoms with van der Waals surface area (Å²) in [6, 6.07) is 2.02. The number of benzene rings is 1. The van der Waals surface area contributed by atoms with Gasteiger partial charge in [-0.2, -0.15) is 0 Å². The summed E-state index contributed by atoms with van der Waals surface area (Å²) in [5.74, 6) is 0.618. The first-order valence-corrected chi connectivity index (χ1v) is 4.40. The van der Waals surface area contributed by atoms with Crippen LogP contribution < -0.4 is 15.2 Å². The van der Waals surface area contributed by atoms with Crippen molar-refractivity contribution in [1.82, 2.24) is 0 Å². The van der Waals surface area contributed by atoms with Crippen molar-refractivity contribution in [2.75, 3.05) is 20.9 Å². The highest BCUT2D eigenvalue weighted by molar-refractivity contribution is 5.85. The van der Waals surface area contributed by atoms with E-state index < -0.39 is 12.7 Å². The van der Waals surface area contributed by atoms with Crippen molar-refractivity contribution in [2.24, 2.45) is 5.73 Å². The smallest absolute Gasteiger partial charge is 0.131 e. The molecule has 0 aliphatic rings. The lowest BCUT2D eigenvalue weighted by Crippen LogP contribution is -2.13. The van der Waals surface area contributed by atoms with E-state index in [2.05, 4.69) is 0 Å². The predicted molar refractivity (Wildman–Crippen MR) is 61.4 cm³/mol. The van der Waals surface area contributed by atoms with Crippen molar-refractivity contribution in [1.29, 1.82) is 0 Å². The monoisotopic (exact) mass is 251 g/mol. The lowest BCUT2D eigenvalue weighted by Gasteiger charge is -2.15. The fourth-order valence-electron chi connectivity index (χ4n) is 1.32. The summed E-state index contributed by atoms with van der Waals surface area (Å²) in [5, 5.41) is 9.63. The molecular formula is C10H15ClFNO3. The molecule has 0 spiro atoms. The topological polar surface area (TPSA) is 64.7 Å². The fourth-order valence-corrected chi connectivity index (χ4v) is 1.32. The highest BCUT2D eigenvalue weighted by Gasteiger charge is 2.18. The number of methoxy groups -OCH3 is 2. The SMILES string of the molecule is COc1cc(O)c([C@H](N)CF)c(OC)c1.Cl. The molecule has 92 valence electrons. The van der Waals surface area contributed by atoms with Crippen LogP contribution in [-0.2, 0) is 0 Å². The number of hydrogen-bond donors (Lipinski definition) is 2. The molecule has 0 aliphatic carbocycles. The van der Waals surface area contributed by atoms with E-state index in [1.165, 1.54) is 20.3 Å². The molecular weight excluding hydrogens is 237 g/mol. The summed E-state index contributed by atoms with van der Waals surface area (Å²) in [5.41, 5.74) is 5.76. The molecule has 0 heterocycles. The summed E-state index contributed by atoms with van der Waals surface area (Å²) in [4.78, 5) is 0. The molecule has 0 aliphatic heterocycles. The number of alkyl halides is 1. The highest BCUT2D eigenvalue weighted by atomic mass is 35.5. The van der Waals surface area contributed by atoms with Crippen molar-refractivity contribution in [3.05, 3.63) is 17.7 Å². The van der Waals surface area contributed by atoms with Gasteiger partial charge in [0.25, 0.3) is 0 Å². The third-order valence-corrected chi connectivity index (χ3v) is 2.09. The Hall–Kier alpha value is -1.20. The van der Waals surface area contributed by atoms with Crippen LogP contribution in [0.2, 0.25) is 0 Å². The molecule has 0 amide bonds. The molecule has 0 saturated carbocycles. The zero-order chi connectivity index (χ0) is 11.4. The van der Waals surface area contributed by atoms with Gasteiger partial charge < -0.3 is 20.3 Å². The Balaban J connectivity index is 0.00000225. The van der Waals surface area contributed by atoms with E-state index in [1.807, 2.05) is 0 Å². The Kier molecular flexibility index (Phi) is 5.92. The molecule has 0 fully saturated rings. The fraction of sp³-hybridized carbons (Fsp3) is 0.400. The van der Waals surface area contributed by atoms with E-state index in [4.69, 9.17) is 15.2 Å². The van der Waals surface area contributed by atoms with Gasteiger partial charge >= 0.3 is 0 Å². The Morgan fingerprint density at radius 1 is 1.38 bits per heavy atom.